The van der Waals surface area contributed by atoms with Crippen molar-refractivity contribution in [3.8, 4) is 0 Å². The van der Waals surface area contributed by atoms with Crippen LogP contribution >= 0.6 is 0 Å². The fourth-order valence-electron chi connectivity index (χ4n) is 6.36. The SMILES string of the molecule is CO[C@H]1CC[C@H](C(=O)N2Cc3cccnc3Nc3ccc(N4CCN(C5(C(F)(F)F)CC5)CC4)cc32)CC1. The van der Waals surface area contributed by atoms with Crippen LogP contribution in [0.15, 0.2) is 36.5 Å². The van der Waals surface area contributed by atoms with Crippen molar-refractivity contribution in [2.24, 2.45) is 5.92 Å². The highest BCUT2D eigenvalue weighted by Gasteiger charge is 2.66. The fraction of sp³-hybridized carbons (Fsp3) is 0.571. The molecule has 1 aromatic heterocycles. The van der Waals surface area contributed by atoms with Crippen molar-refractivity contribution in [2.45, 2.75) is 62.9 Å². The Hall–Kier alpha value is -2.85. The van der Waals surface area contributed by atoms with E-state index in [-0.39, 0.29) is 30.8 Å². The number of nitrogens with one attached hydrogen (secondary N) is 1. The Morgan fingerprint density at radius 1 is 1.08 bits per heavy atom. The summed E-state index contributed by atoms with van der Waals surface area (Å²) >= 11 is 0. The number of nitrogens with zero attached hydrogens (tertiary/aromatic N) is 4. The lowest BCUT2D eigenvalue weighted by atomic mass is 9.86. The second-order valence-electron chi connectivity index (χ2n) is 11.0. The van der Waals surface area contributed by atoms with Crippen LogP contribution in [-0.4, -0.2) is 66.9 Å². The van der Waals surface area contributed by atoms with E-state index >= 15 is 0 Å². The molecular weight excluding hydrogens is 495 g/mol. The van der Waals surface area contributed by atoms with Crippen molar-refractivity contribution < 1.29 is 22.7 Å². The van der Waals surface area contributed by atoms with Gasteiger partial charge in [0.25, 0.3) is 0 Å². The van der Waals surface area contributed by atoms with E-state index in [4.69, 9.17) is 4.74 Å². The van der Waals surface area contributed by atoms with Gasteiger partial charge in [0.15, 0.2) is 0 Å². The molecule has 4 aliphatic rings. The van der Waals surface area contributed by atoms with E-state index in [0.717, 1.165) is 54.1 Å². The molecule has 1 aromatic carbocycles. The number of ether oxygens (including phenoxy) is 1. The zero-order valence-electron chi connectivity index (χ0n) is 21.6. The minimum atomic E-state index is -4.18. The summed E-state index contributed by atoms with van der Waals surface area (Å²) in [4.78, 5) is 24.0. The van der Waals surface area contributed by atoms with Crippen molar-refractivity contribution >= 4 is 28.8 Å². The number of hydrogen-bond acceptors (Lipinski definition) is 6. The molecule has 3 heterocycles. The van der Waals surface area contributed by atoms with Gasteiger partial charge in [-0.2, -0.15) is 13.2 Å². The van der Waals surface area contributed by atoms with E-state index in [1.807, 2.05) is 35.2 Å². The number of amides is 1. The minimum Gasteiger partial charge on any atom is -0.381 e. The highest BCUT2D eigenvalue weighted by atomic mass is 19.4. The maximum absolute atomic E-state index is 13.9. The van der Waals surface area contributed by atoms with Gasteiger partial charge in [0.2, 0.25) is 5.91 Å². The molecule has 0 radical (unpaired) electrons. The molecule has 1 amide bonds. The van der Waals surface area contributed by atoms with Gasteiger partial charge in [0.05, 0.1) is 24.0 Å². The molecule has 3 fully saturated rings. The molecule has 2 aliphatic carbocycles. The van der Waals surface area contributed by atoms with E-state index in [2.05, 4.69) is 15.2 Å². The van der Waals surface area contributed by atoms with Gasteiger partial charge < -0.3 is 19.9 Å². The lowest BCUT2D eigenvalue weighted by molar-refractivity contribution is -0.197. The van der Waals surface area contributed by atoms with Crippen molar-refractivity contribution in [1.29, 1.82) is 0 Å². The van der Waals surface area contributed by atoms with Crippen molar-refractivity contribution in [3.63, 3.8) is 0 Å². The molecule has 2 saturated carbocycles. The number of fused-ring (bicyclic) bond motifs is 2. The summed E-state index contributed by atoms with van der Waals surface area (Å²) in [5, 5.41) is 3.41. The molecule has 2 aliphatic heterocycles. The first-order valence-corrected chi connectivity index (χ1v) is 13.5. The summed E-state index contributed by atoms with van der Waals surface area (Å²) in [6.07, 6.45) is 1.46. The third kappa shape index (κ3) is 4.51. The monoisotopic (exact) mass is 529 g/mol. The number of anilines is 4. The average molecular weight is 530 g/mol. The van der Waals surface area contributed by atoms with Gasteiger partial charge in [-0.3, -0.25) is 9.69 Å². The zero-order chi connectivity index (χ0) is 26.5. The standard InChI is InChI=1S/C28H34F3N5O2/c1-38-22-7-4-19(5-8-22)26(37)36-18-20-3-2-12-32-25(20)33-23-9-6-21(17-24(23)36)34-13-15-35(16-14-34)27(10-11-27)28(29,30)31/h2-3,6,9,12,17,19,22H,4-5,7-8,10-11,13-16,18H2,1H3,(H,32,33)/t19-,22-. The number of alkyl halides is 3. The molecule has 204 valence electrons. The summed E-state index contributed by atoms with van der Waals surface area (Å²) in [5.41, 5.74) is 1.83. The first-order chi connectivity index (χ1) is 18.3. The van der Waals surface area contributed by atoms with Crippen LogP contribution < -0.4 is 15.1 Å². The van der Waals surface area contributed by atoms with Crippen molar-refractivity contribution in [1.82, 2.24) is 9.88 Å². The number of rotatable bonds is 4. The Morgan fingerprint density at radius 2 is 1.82 bits per heavy atom. The number of pyridine rings is 1. The Labute approximate surface area is 220 Å². The molecule has 0 unspecified atom stereocenters. The summed E-state index contributed by atoms with van der Waals surface area (Å²) in [6.45, 7) is 2.18. The lowest BCUT2D eigenvalue weighted by Crippen LogP contribution is -2.56. The van der Waals surface area contributed by atoms with Crippen LogP contribution in [-0.2, 0) is 16.1 Å². The van der Waals surface area contributed by atoms with Crippen LogP contribution in [0.4, 0.5) is 36.1 Å². The number of aromatic nitrogens is 1. The number of hydrogen-bond donors (Lipinski definition) is 1. The van der Waals surface area contributed by atoms with Crippen LogP contribution in [0.2, 0.25) is 0 Å². The second kappa shape index (κ2) is 9.72. The molecule has 1 N–H and O–H groups in total. The molecule has 0 spiro atoms. The molecule has 2 aromatic rings. The topological polar surface area (TPSA) is 60.9 Å². The minimum absolute atomic E-state index is 0.0724. The summed E-state index contributed by atoms with van der Waals surface area (Å²) in [6, 6.07) is 9.82. The Bertz CT molecular complexity index is 1190. The van der Waals surface area contributed by atoms with E-state index < -0.39 is 11.7 Å². The summed E-state index contributed by atoms with van der Waals surface area (Å²) < 4.78 is 46.4. The van der Waals surface area contributed by atoms with E-state index in [9.17, 15) is 18.0 Å². The predicted molar refractivity (Wildman–Crippen MR) is 140 cm³/mol. The molecule has 38 heavy (non-hydrogen) atoms. The number of benzene rings is 1. The Balaban J connectivity index is 1.25. The zero-order valence-corrected chi connectivity index (χ0v) is 21.6. The fourth-order valence-corrected chi connectivity index (χ4v) is 6.36. The number of carbonyl (C=O) groups is 1. The highest BCUT2D eigenvalue weighted by Crippen LogP contribution is 2.53. The number of carbonyl (C=O) groups excluding carboxylic acids is 1. The van der Waals surface area contributed by atoms with Crippen LogP contribution in [0.1, 0.15) is 44.1 Å². The van der Waals surface area contributed by atoms with E-state index in [1.165, 1.54) is 0 Å². The van der Waals surface area contributed by atoms with Gasteiger partial charge in [-0.1, -0.05) is 6.07 Å². The molecule has 10 heteroatoms. The molecule has 0 atom stereocenters. The van der Waals surface area contributed by atoms with Gasteiger partial charge in [-0.15, -0.1) is 0 Å². The van der Waals surface area contributed by atoms with Crippen molar-refractivity contribution in [3.05, 3.63) is 42.1 Å². The second-order valence-corrected chi connectivity index (χ2v) is 11.0. The molecule has 1 saturated heterocycles. The van der Waals surface area contributed by atoms with Crippen LogP contribution in [0.5, 0.6) is 0 Å². The largest absolute Gasteiger partial charge is 0.406 e. The quantitative estimate of drug-likeness (QED) is 0.595. The Kier molecular flexibility index (Phi) is 6.50. The van der Waals surface area contributed by atoms with E-state index in [1.54, 1.807) is 18.2 Å². The van der Waals surface area contributed by atoms with Crippen LogP contribution in [0.3, 0.4) is 0 Å². The first-order valence-electron chi connectivity index (χ1n) is 13.5. The third-order valence-corrected chi connectivity index (χ3v) is 8.87. The predicted octanol–water partition coefficient (Wildman–Crippen LogP) is 5.09. The number of piperazine rings is 1. The third-order valence-electron chi connectivity index (χ3n) is 8.87. The Morgan fingerprint density at radius 3 is 2.47 bits per heavy atom. The molecule has 6 rings (SSSR count). The van der Waals surface area contributed by atoms with Crippen LogP contribution in [0.25, 0.3) is 0 Å². The average Bonchev–Trinajstić information content (AvgIpc) is 3.76. The van der Waals surface area contributed by atoms with Gasteiger partial charge >= 0.3 is 6.18 Å². The van der Waals surface area contributed by atoms with Crippen molar-refractivity contribution in [2.75, 3.05) is 48.4 Å². The van der Waals surface area contributed by atoms with E-state index in [0.29, 0.717) is 32.7 Å². The van der Waals surface area contributed by atoms with Crippen LogP contribution in [0, 0.1) is 5.92 Å². The van der Waals surface area contributed by atoms with Gasteiger partial charge in [-0.05, 0) is 62.8 Å². The summed E-state index contributed by atoms with van der Waals surface area (Å²) in [5.74, 6) is 0.759. The highest BCUT2D eigenvalue weighted by molar-refractivity contribution is 6.00. The number of halogens is 3. The van der Waals surface area contributed by atoms with Gasteiger partial charge in [0, 0.05) is 56.7 Å². The normalized spacial score (nSPS) is 25.2. The number of methoxy groups -OCH3 is 1. The van der Waals surface area contributed by atoms with Gasteiger partial charge in [0.1, 0.15) is 11.4 Å². The first kappa shape index (κ1) is 25.4. The molecule has 0 bridgehead atoms. The maximum Gasteiger partial charge on any atom is 0.406 e. The molecular formula is C28H34F3N5O2. The molecule has 7 nitrogen and oxygen atoms in total. The maximum atomic E-state index is 13.9. The summed E-state index contributed by atoms with van der Waals surface area (Å²) in [7, 11) is 1.72. The van der Waals surface area contributed by atoms with Gasteiger partial charge in [-0.25, -0.2) is 4.98 Å². The lowest BCUT2D eigenvalue weighted by Gasteiger charge is -2.41. The smallest absolute Gasteiger partial charge is 0.381 e.